The van der Waals surface area contributed by atoms with Crippen molar-refractivity contribution in [2.24, 2.45) is 0 Å². The predicted molar refractivity (Wildman–Crippen MR) is 72.7 cm³/mol. The fraction of sp³-hybridized carbons (Fsp3) is 0.818. The van der Waals surface area contributed by atoms with Gasteiger partial charge in [-0.25, -0.2) is 0 Å². The maximum absolute atomic E-state index is 10.8. The molecule has 0 atom stereocenters. The van der Waals surface area contributed by atoms with Gasteiger partial charge in [-0.3, -0.25) is 9.59 Å². The lowest BCUT2D eigenvalue weighted by molar-refractivity contribution is -0.151. The molecule has 0 unspecified atom stereocenters. The summed E-state index contributed by atoms with van der Waals surface area (Å²) in [6.07, 6.45) is 5.04. The van der Waals surface area contributed by atoms with Crippen LogP contribution >= 0.6 is 25.3 Å². The highest BCUT2D eigenvalue weighted by atomic mass is 32.1. The first-order valence-corrected chi connectivity index (χ1v) is 7.00. The van der Waals surface area contributed by atoms with Crippen LogP contribution < -0.4 is 0 Å². The Kier molecular flexibility index (Phi) is 11.8. The lowest BCUT2D eigenvalue weighted by Gasteiger charge is -2.04. The van der Waals surface area contributed by atoms with Crippen LogP contribution in [0, 0.1) is 0 Å². The second-order valence-electron chi connectivity index (χ2n) is 3.45. The minimum Gasteiger partial charge on any atom is -0.462 e. The Labute approximate surface area is 113 Å². The van der Waals surface area contributed by atoms with Crippen molar-refractivity contribution in [2.75, 3.05) is 24.7 Å². The van der Waals surface area contributed by atoms with Gasteiger partial charge in [0.1, 0.15) is 13.2 Å². The molecule has 0 spiro atoms. The van der Waals surface area contributed by atoms with Gasteiger partial charge in [0.15, 0.2) is 0 Å². The number of carbonyl (C=O) groups excluding carboxylic acids is 2. The molecule has 0 aromatic heterocycles. The Balaban J connectivity index is 0.000000728. The zero-order chi connectivity index (χ0) is 12.9. The number of hydrogen-bond donors (Lipinski definition) is 2. The van der Waals surface area contributed by atoms with Gasteiger partial charge in [0.2, 0.25) is 0 Å². The molecule has 0 heterocycles. The molecule has 0 radical (unpaired) electrons. The molecular formula is C11H20O4S2. The lowest BCUT2D eigenvalue weighted by Crippen LogP contribution is -2.14. The van der Waals surface area contributed by atoms with Crippen LogP contribution in [0.15, 0.2) is 0 Å². The van der Waals surface area contributed by atoms with E-state index in [-0.39, 0.29) is 38.0 Å². The lowest BCUT2D eigenvalue weighted by atomic mass is 10.5. The third-order valence-electron chi connectivity index (χ3n) is 1.59. The summed E-state index contributed by atoms with van der Waals surface area (Å²) < 4.78 is 9.45. The largest absolute Gasteiger partial charge is 0.462 e. The van der Waals surface area contributed by atoms with Gasteiger partial charge in [0, 0.05) is 11.5 Å². The van der Waals surface area contributed by atoms with Crippen LogP contribution in [0.3, 0.4) is 0 Å². The molecule has 100 valence electrons. The number of hydrogen-bond acceptors (Lipinski definition) is 6. The number of thiol groups is 2. The maximum Gasteiger partial charge on any atom is 0.306 e. The van der Waals surface area contributed by atoms with Crippen LogP contribution in [0.25, 0.3) is 0 Å². The average Bonchev–Trinajstić information content (AvgIpc) is 3.13. The first-order valence-electron chi connectivity index (χ1n) is 5.73. The molecule has 1 aliphatic carbocycles. The molecule has 1 rings (SSSR count). The van der Waals surface area contributed by atoms with E-state index < -0.39 is 0 Å². The third-order valence-corrected chi connectivity index (χ3v) is 2.04. The summed E-state index contributed by atoms with van der Waals surface area (Å²) >= 11 is 7.74. The summed E-state index contributed by atoms with van der Waals surface area (Å²) in [5.41, 5.74) is 0. The zero-order valence-electron chi connectivity index (χ0n) is 9.89. The Bertz CT molecular complexity index is 197. The summed E-state index contributed by atoms with van der Waals surface area (Å²) in [6.45, 7) is 0.204. The summed E-state index contributed by atoms with van der Waals surface area (Å²) in [7, 11) is 0. The second-order valence-corrected chi connectivity index (χ2v) is 4.34. The molecule has 0 amide bonds. The summed E-state index contributed by atoms with van der Waals surface area (Å²) in [6, 6.07) is 0. The van der Waals surface area contributed by atoms with Crippen molar-refractivity contribution < 1.29 is 19.1 Å². The number of rotatable bonds is 7. The molecular weight excluding hydrogens is 260 g/mol. The van der Waals surface area contributed by atoms with E-state index in [2.05, 4.69) is 25.3 Å². The Morgan fingerprint density at radius 1 is 0.824 bits per heavy atom. The van der Waals surface area contributed by atoms with Crippen LogP contribution in [0.5, 0.6) is 0 Å². The molecule has 1 aliphatic rings. The minimum atomic E-state index is -0.328. The van der Waals surface area contributed by atoms with Crippen LogP contribution in [-0.2, 0) is 19.1 Å². The van der Waals surface area contributed by atoms with Crippen molar-refractivity contribution in [1.29, 1.82) is 0 Å². The van der Waals surface area contributed by atoms with Gasteiger partial charge in [-0.15, -0.1) is 0 Å². The van der Waals surface area contributed by atoms with Crippen LogP contribution in [0.2, 0.25) is 0 Å². The molecule has 0 N–H and O–H groups in total. The Hall–Kier alpha value is -0.360. The van der Waals surface area contributed by atoms with Crippen molar-refractivity contribution >= 4 is 37.2 Å². The molecule has 1 saturated carbocycles. The van der Waals surface area contributed by atoms with E-state index in [4.69, 9.17) is 9.47 Å². The molecule has 1 fully saturated rings. The summed E-state index contributed by atoms with van der Waals surface area (Å²) in [5.74, 6) is 0.256. The van der Waals surface area contributed by atoms with Crippen molar-refractivity contribution in [3.63, 3.8) is 0 Å². The zero-order valence-corrected chi connectivity index (χ0v) is 11.7. The van der Waals surface area contributed by atoms with Gasteiger partial charge in [0.25, 0.3) is 0 Å². The fourth-order valence-corrected chi connectivity index (χ4v) is 1.00. The normalized spacial score (nSPS) is 12.1. The molecule has 0 saturated heterocycles. The fourth-order valence-electron chi connectivity index (χ4n) is 0.638. The van der Waals surface area contributed by atoms with Crippen molar-refractivity contribution in [3.05, 3.63) is 0 Å². The average molecular weight is 280 g/mol. The van der Waals surface area contributed by atoms with E-state index in [1.165, 1.54) is 19.3 Å². The topological polar surface area (TPSA) is 52.6 Å². The number of ether oxygens (including phenoxy) is 2. The van der Waals surface area contributed by atoms with E-state index in [1.807, 2.05) is 0 Å². The van der Waals surface area contributed by atoms with Crippen LogP contribution in [0.1, 0.15) is 32.1 Å². The molecule has 17 heavy (non-hydrogen) atoms. The first-order chi connectivity index (χ1) is 8.20. The van der Waals surface area contributed by atoms with Crippen LogP contribution in [0.4, 0.5) is 0 Å². The highest BCUT2D eigenvalue weighted by molar-refractivity contribution is 7.80. The highest BCUT2D eigenvalue weighted by Crippen LogP contribution is 2.14. The minimum absolute atomic E-state index is 0.102. The Morgan fingerprint density at radius 2 is 1.18 bits per heavy atom. The van der Waals surface area contributed by atoms with E-state index in [1.54, 1.807) is 0 Å². The molecule has 0 bridgehead atoms. The summed E-state index contributed by atoms with van der Waals surface area (Å²) in [4.78, 5) is 21.6. The van der Waals surface area contributed by atoms with Crippen molar-refractivity contribution in [3.8, 4) is 0 Å². The van der Waals surface area contributed by atoms with E-state index in [0.717, 1.165) is 0 Å². The second kappa shape index (κ2) is 12.1. The van der Waals surface area contributed by atoms with Crippen molar-refractivity contribution in [1.82, 2.24) is 0 Å². The molecule has 0 aromatic rings. The van der Waals surface area contributed by atoms with E-state index in [9.17, 15) is 9.59 Å². The standard InChI is InChI=1S/C8H14O4S2.C3H6/c9-7(1-5-13)11-3-4-12-8(10)2-6-14;1-2-3-1/h13-14H,1-6H2;1-3H2. The quantitative estimate of drug-likeness (QED) is 0.425. The van der Waals surface area contributed by atoms with Crippen LogP contribution in [-0.4, -0.2) is 36.7 Å². The molecule has 4 nitrogen and oxygen atoms in total. The number of carbonyl (C=O) groups is 2. The van der Waals surface area contributed by atoms with Gasteiger partial charge in [-0.1, -0.05) is 19.3 Å². The SMILES string of the molecule is C1CC1.O=C(CCS)OCCOC(=O)CCS. The monoisotopic (exact) mass is 280 g/mol. The smallest absolute Gasteiger partial charge is 0.306 e. The molecule has 0 aliphatic heterocycles. The van der Waals surface area contributed by atoms with Gasteiger partial charge in [0.05, 0.1) is 12.8 Å². The third kappa shape index (κ3) is 15.6. The van der Waals surface area contributed by atoms with Gasteiger partial charge < -0.3 is 9.47 Å². The maximum atomic E-state index is 10.8. The predicted octanol–water partition coefficient (Wildman–Crippen LogP) is 1.88. The van der Waals surface area contributed by atoms with Gasteiger partial charge in [-0.2, -0.15) is 25.3 Å². The van der Waals surface area contributed by atoms with Gasteiger partial charge >= 0.3 is 11.9 Å². The number of esters is 2. The first kappa shape index (κ1) is 16.6. The van der Waals surface area contributed by atoms with E-state index in [0.29, 0.717) is 11.5 Å². The molecule has 0 aromatic carbocycles. The molecule has 6 heteroatoms. The van der Waals surface area contributed by atoms with E-state index >= 15 is 0 Å². The van der Waals surface area contributed by atoms with Crippen molar-refractivity contribution in [2.45, 2.75) is 32.1 Å². The Morgan fingerprint density at radius 3 is 1.41 bits per heavy atom. The highest BCUT2D eigenvalue weighted by Gasteiger charge is 2.03. The summed E-state index contributed by atoms with van der Waals surface area (Å²) in [5, 5.41) is 0. The van der Waals surface area contributed by atoms with Gasteiger partial charge in [-0.05, 0) is 0 Å².